The van der Waals surface area contributed by atoms with Crippen LogP contribution in [0.2, 0.25) is 0 Å². The highest BCUT2D eigenvalue weighted by Gasteiger charge is 2.19. The molecule has 1 aliphatic heterocycles. The summed E-state index contributed by atoms with van der Waals surface area (Å²) in [6, 6.07) is 10.9. The van der Waals surface area contributed by atoms with E-state index in [0.717, 1.165) is 25.6 Å². The molecular weight excluding hydrogens is 248 g/mol. The van der Waals surface area contributed by atoms with Gasteiger partial charge in [-0.3, -0.25) is 0 Å². The van der Waals surface area contributed by atoms with Crippen LogP contribution in [0, 0.1) is 5.92 Å². The van der Waals surface area contributed by atoms with Gasteiger partial charge in [-0.25, -0.2) is 0 Å². The van der Waals surface area contributed by atoms with Crippen LogP contribution in [0.3, 0.4) is 0 Å². The number of hydrogen-bond donors (Lipinski definition) is 0. The molecule has 0 unspecified atom stereocenters. The highest BCUT2D eigenvalue weighted by atomic mass is 16.5. The Morgan fingerprint density at radius 2 is 1.95 bits per heavy atom. The Kier molecular flexibility index (Phi) is 4.38. The fourth-order valence-corrected chi connectivity index (χ4v) is 3.19. The lowest BCUT2D eigenvalue weighted by Gasteiger charge is -2.32. The minimum Gasteiger partial charge on any atom is -0.383 e. The zero-order chi connectivity index (χ0) is 13.8. The maximum absolute atomic E-state index is 5.16. The Labute approximate surface area is 121 Å². The smallest absolute Gasteiger partial charge is 0.0589 e. The lowest BCUT2D eigenvalue weighted by atomic mass is 9.96. The fourth-order valence-electron chi connectivity index (χ4n) is 3.19. The molecule has 3 heteroatoms. The van der Waals surface area contributed by atoms with Crippen molar-refractivity contribution in [3.63, 3.8) is 0 Å². The van der Waals surface area contributed by atoms with E-state index in [9.17, 15) is 0 Å². The molecule has 1 fully saturated rings. The van der Waals surface area contributed by atoms with Gasteiger partial charge in [0.1, 0.15) is 0 Å². The van der Waals surface area contributed by atoms with Gasteiger partial charge in [0.2, 0.25) is 0 Å². The molecule has 0 spiro atoms. The van der Waals surface area contributed by atoms with E-state index in [0.29, 0.717) is 0 Å². The third kappa shape index (κ3) is 3.05. The van der Waals surface area contributed by atoms with Gasteiger partial charge in [0, 0.05) is 31.9 Å². The summed E-state index contributed by atoms with van der Waals surface area (Å²) in [5, 5.41) is 1.35. The second-order valence-electron chi connectivity index (χ2n) is 5.80. The first-order valence-electron chi connectivity index (χ1n) is 7.62. The van der Waals surface area contributed by atoms with E-state index in [1.165, 1.54) is 36.8 Å². The van der Waals surface area contributed by atoms with Crippen molar-refractivity contribution in [3.05, 3.63) is 36.5 Å². The standard InChI is InChI=1S/C17H24N2O/c1-20-13-12-18-9-6-15(7-10-18)14-19-11-8-16-4-2-3-5-17(16)19/h2-5,8,11,15H,6-7,9-10,12-14H2,1H3. The van der Waals surface area contributed by atoms with Crippen LogP contribution in [0.5, 0.6) is 0 Å². The van der Waals surface area contributed by atoms with E-state index in [1.54, 1.807) is 7.11 Å². The van der Waals surface area contributed by atoms with Gasteiger partial charge in [-0.1, -0.05) is 18.2 Å². The minimum atomic E-state index is 0.810. The number of fused-ring (bicyclic) bond motifs is 1. The Bertz CT molecular complexity index is 541. The summed E-state index contributed by atoms with van der Waals surface area (Å²) in [5.41, 5.74) is 1.37. The molecule has 1 aromatic carbocycles. The first kappa shape index (κ1) is 13.7. The molecule has 3 nitrogen and oxygen atoms in total. The van der Waals surface area contributed by atoms with Crippen molar-refractivity contribution in [1.82, 2.24) is 9.47 Å². The van der Waals surface area contributed by atoms with Gasteiger partial charge in [-0.15, -0.1) is 0 Å². The van der Waals surface area contributed by atoms with Crippen molar-refractivity contribution in [2.75, 3.05) is 33.4 Å². The lowest BCUT2D eigenvalue weighted by molar-refractivity contribution is 0.117. The van der Waals surface area contributed by atoms with Gasteiger partial charge in [0.15, 0.2) is 0 Å². The Balaban J connectivity index is 1.57. The third-order valence-corrected chi connectivity index (χ3v) is 4.45. The summed E-state index contributed by atoms with van der Waals surface area (Å²) in [7, 11) is 1.78. The molecule has 1 aliphatic rings. The maximum Gasteiger partial charge on any atom is 0.0589 e. The first-order valence-corrected chi connectivity index (χ1v) is 7.62. The van der Waals surface area contributed by atoms with E-state index in [4.69, 9.17) is 4.74 Å². The largest absolute Gasteiger partial charge is 0.383 e. The average molecular weight is 272 g/mol. The molecule has 3 rings (SSSR count). The number of likely N-dealkylation sites (tertiary alicyclic amines) is 1. The van der Waals surface area contributed by atoms with E-state index >= 15 is 0 Å². The Morgan fingerprint density at radius 3 is 2.75 bits per heavy atom. The molecule has 2 aromatic rings. The van der Waals surface area contributed by atoms with Crippen LogP contribution in [0.25, 0.3) is 10.9 Å². The second-order valence-corrected chi connectivity index (χ2v) is 5.80. The molecule has 0 atom stereocenters. The number of para-hydroxylation sites is 1. The van der Waals surface area contributed by atoms with Crippen LogP contribution >= 0.6 is 0 Å². The number of aromatic nitrogens is 1. The summed E-state index contributed by atoms with van der Waals surface area (Å²) in [5.74, 6) is 0.810. The number of rotatable bonds is 5. The Morgan fingerprint density at radius 1 is 1.15 bits per heavy atom. The van der Waals surface area contributed by atoms with Gasteiger partial charge in [0.25, 0.3) is 0 Å². The second kappa shape index (κ2) is 6.42. The number of hydrogen-bond acceptors (Lipinski definition) is 2. The SMILES string of the molecule is COCCN1CCC(Cn2ccc3ccccc32)CC1. The summed E-state index contributed by atoms with van der Waals surface area (Å²) < 4.78 is 7.58. The van der Waals surface area contributed by atoms with Gasteiger partial charge in [0.05, 0.1) is 6.61 Å². The fraction of sp³-hybridized carbons (Fsp3) is 0.529. The normalized spacial score (nSPS) is 17.9. The molecule has 0 amide bonds. The molecule has 0 radical (unpaired) electrons. The summed E-state index contributed by atoms with van der Waals surface area (Å²) in [6.45, 7) is 5.52. The van der Waals surface area contributed by atoms with E-state index in [2.05, 4.69) is 46.0 Å². The minimum absolute atomic E-state index is 0.810. The van der Waals surface area contributed by atoms with Gasteiger partial charge in [-0.2, -0.15) is 0 Å². The zero-order valence-electron chi connectivity index (χ0n) is 12.3. The number of benzene rings is 1. The average Bonchev–Trinajstić information content (AvgIpc) is 2.90. The van der Waals surface area contributed by atoms with Crippen molar-refractivity contribution < 1.29 is 4.74 Å². The van der Waals surface area contributed by atoms with Crippen LogP contribution < -0.4 is 0 Å². The van der Waals surface area contributed by atoms with Crippen LogP contribution in [0.4, 0.5) is 0 Å². The van der Waals surface area contributed by atoms with Crippen LogP contribution in [0.15, 0.2) is 36.5 Å². The summed E-state index contributed by atoms with van der Waals surface area (Å²) in [6.07, 6.45) is 4.84. The highest BCUT2D eigenvalue weighted by molar-refractivity contribution is 5.79. The van der Waals surface area contributed by atoms with Crippen molar-refractivity contribution in [2.45, 2.75) is 19.4 Å². The van der Waals surface area contributed by atoms with Crippen LogP contribution in [0.1, 0.15) is 12.8 Å². The topological polar surface area (TPSA) is 17.4 Å². The lowest BCUT2D eigenvalue weighted by Crippen LogP contribution is -2.36. The van der Waals surface area contributed by atoms with Crippen molar-refractivity contribution in [3.8, 4) is 0 Å². The van der Waals surface area contributed by atoms with Gasteiger partial charge >= 0.3 is 0 Å². The van der Waals surface area contributed by atoms with E-state index in [-0.39, 0.29) is 0 Å². The molecule has 0 aliphatic carbocycles. The molecule has 20 heavy (non-hydrogen) atoms. The van der Waals surface area contributed by atoms with E-state index < -0.39 is 0 Å². The molecule has 0 saturated carbocycles. The maximum atomic E-state index is 5.16. The van der Waals surface area contributed by atoms with Gasteiger partial charge in [-0.05, 0) is 49.4 Å². The zero-order valence-corrected chi connectivity index (χ0v) is 12.3. The van der Waals surface area contributed by atoms with Crippen molar-refractivity contribution in [2.24, 2.45) is 5.92 Å². The molecule has 108 valence electrons. The van der Waals surface area contributed by atoms with Crippen molar-refractivity contribution >= 4 is 10.9 Å². The monoisotopic (exact) mass is 272 g/mol. The number of nitrogens with zero attached hydrogens (tertiary/aromatic N) is 2. The Hall–Kier alpha value is -1.32. The molecule has 0 bridgehead atoms. The number of ether oxygens (including phenoxy) is 1. The van der Waals surface area contributed by atoms with Gasteiger partial charge < -0.3 is 14.2 Å². The summed E-state index contributed by atoms with van der Waals surface area (Å²) >= 11 is 0. The predicted octanol–water partition coefficient (Wildman–Crippen LogP) is 3.00. The molecule has 1 aromatic heterocycles. The predicted molar refractivity (Wildman–Crippen MR) is 83.0 cm³/mol. The summed E-state index contributed by atoms with van der Waals surface area (Å²) in [4.78, 5) is 2.52. The molecular formula is C17H24N2O. The number of piperidine rings is 1. The number of methoxy groups -OCH3 is 1. The molecule has 1 saturated heterocycles. The highest BCUT2D eigenvalue weighted by Crippen LogP contribution is 2.22. The van der Waals surface area contributed by atoms with Crippen LogP contribution in [-0.2, 0) is 11.3 Å². The van der Waals surface area contributed by atoms with E-state index in [1.807, 2.05) is 0 Å². The van der Waals surface area contributed by atoms with Crippen molar-refractivity contribution in [1.29, 1.82) is 0 Å². The molecule has 2 heterocycles. The quantitative estimate of drug-likeness (QED) is 0.832. The third-order valence-electron chi connectivity index (χ3n) is 4.45. The first-order chi connectivity index (χ1) is 9.86. The molecule has 0 N–H and O–H groups in total. The van der Waals surface area contributed by atoms with Crippen LogP contribution in [-0.4, -0.2) is 42.8 Å².